The summed E-state index contributed by atoms with van der Waals surface area (Å²) >= 11 is 6.10. The molecular formula is C17H12ClNO2. The van der Waals surface area contributed by atoms with Gasteiger partial charge >= 0.3 is 0 Å². The summed E-state index contributed by atoms with van der Waals surface area (Å²) in [4.78, 5) is 12.1. The molecule has 0 unspecified atom stereocenters. The van der Waals surface area contributed by atoms with Gasteiger partial charge in [0.25, 0.3) is 0 Å². The maximum absolute atomic E-state index is 12.1. The second-order valence-corrected chi connectivity index (χ2v) is 4.98. The number of hydrogen-bond donors (Lipinski definition) is 1. The molecule has 104 valence electrons. The molecule has 2 aromatic carbocycles. The molecule has 0 bridgehead atoms. The Morgan fingerprint density at radius 2 is 1.38 bits per heavy atom. The van der Waals surface area contributed by atoms with Crippen molar-refractivity contribution >= 4 is 11.6 Å². The van der Waals surface area contributed by atoms with Crippen LogP contribution in [0.1, 0.15) is 0 Å². The fourth-order valence-corrected chi connectivity index (χ4v) is 2.48. The smallest absolute Gasteiger partial charge is 0.201 e. The largest absolute Gasteiger partial charge is 0.428 e. The molecule has 0 spiro atoms. The van der Waals surface area contributed by atoms with Gasteiger partial charge in [0.05, 0.1) is 5.69 Å². The summed E-state index contributed by atoms with van der Waals surface area (Å²) in [7, 11) is 0. The monoisotopic (exact) mass is 297 g/mol. The maximum Gasteiger partial charge on any atom is 0.201 e. The zero-order valence-electron chi connectivity index (χ0n) is 11.0. The molecule has 1 aromatic heterocycles. The number of aromatic nitrogens is 1. The van der Waals surface area contributed by atoms with Crippen LogP contribution in [0.15, 0.2) is 71.5 Å². The van der Waals surface area contributed by atoms with Gasteiger partial charge < -0.3 is 5.21 Å². The van der Waals surface area contributed by atoms with E-state index in [0.29, 0.717) is 17.0 Å². The van der Waals surface area contributed by atoms with Gasteiger partial charge in [-0.1, -0.05) is 72.3 Å². The second kappa shape index (κ2) is 5.46. The lowest BCUT2D eigenvalue weighted by molar-refractivity contribution is 0.194. The summed E-state index contributed by atoms with van der Waals surface area (Å²) in [5, 5.41) is 10.5. The minimum absolute atomic E-state index is 0.00313. The number of rotatable bonds is 2. The Labute approximate surface area is 126 Å². The van der Waals surface area contributed by atoms with Crippen LogP contribution < -0.4 is 5.43 Å². The van der Waals surface area contributed by atoms with Crippen LogP contribution >= 0.6 is 11.6 Å². The van der Waals surface area contributed by atoms with Crippen molar-refractivity contribution in [1.29, 1.82) is 0 Å². The van der Waals surface area contributed by atoms with Gasteiger partial charge in [-0.2, -0.15) is 4.73 Å². The second-order valence-electron chi connectivity index (χ2n) is 4.60. The number of nitrogens with zero attached hydrogens (tertiary/aromatic N) is 1. The normalized spacial score (nSPS) is 10.5. The third kappa shape index (κ3) is 2.43. The first kappa shape index (κ1) is 13.5. The van der Waals surface area contributed by atoms with Crippen LogP contribution in [0.25, 0.3) is 22.5 Å². The minimum atomic E-state index is -0.320. The zero-order valence-corrected chi connectivity index (χ0v) is 11.8. The van der Waals surface area contributed by atoms with E-state index in [-0.39, 0.29) is 10.5 Å². The molecule has 3 nitrogen and oxygen atoms in total. The van der Waals surface area contributed by atoms with Crippen molar-refractivity contribution in [3.8, 4) is 22.5 Å². The summed E-state index contributed by atoms with van der Waals surface area (Å²) in [5.41, 5.74) is 1.80. The molecule has 3 rings (SSSR count). The fraction of sp³-hybridized carbons (Fsp3) is 0. The molecule has 0 aliphatic rings. The molecule has 0 aliphatic heterocycles. The Bertz CT molecular complexity index is 827. The molecule has 21 heavy (non-hydrogen) atoms. The molecule has 0 radical (unpaired) electrons. The average Bonchev–Trinajstić information content (AvgIpc) is 2.53. The van der Waals surface area contributed by atoms with Gasteiger partial charge in [-0.3, -0.25) is 4.79 Å². The first-order valence-corrected chi connectivity index (χ1v) is 6.82. The third-order valence-electron chi connectivity index (χ3n) is 3.25. The lowest BCUT2D eigenvalue weighted by Crippen LogP contribution is -2.12. The molecule has 0 atom stereocenters. The van der Waals surface area contributed by atoms with E-state index < -0.39 is 0 Å². The van der Waals surface area contributed by atoms with Gasteiger partial charge in [0.2, 0.25) is 5.43 Å². The van der Waals surface area contributed by atoms with E-state index in [1.165, 1.54) is 6.07 Å². The van der Waals surface area contributed by atoms with E-state index in [4.69, 9.17) is 11.6 Å². The zero-order chi connectivity index (χ0) is 14.8. The lowest BCUT2D eigenvalue weighted by atomic mass is 10.1. The minimum Gasteiger partial charge on any atom is -0.428 e. The van der Waals surface area contributed by atoms with E-state index in [1.807, 2.05) is 48.5 Å². The molecule has 0 saturated heterocycles. The molecule has 3 aromatic rings. The highest BCUT2D eigenvalue weighted by molar-refractivity contribution is 6.33. The average molecular weight is 298 g/mol. The van der Waals surface area contributed by atoms with Crippen LogP contribution in [0, 0.1) is 0 Å². The van der Waals surface area contributed by atoms with Gasteiger partial charge in [-0.05, 0) is 0 Å². The lowest BCUT2D eigenvalue weighted by Gasteiger charge is -2.14. The van der Waals surface area contributed by atoms with Gasteiger partial charge in [0.15, 0.2) is 0 Å². The Kier molecular flexibility index (Phi) is 3.50. The van der Waals surface area contributed by atoms with Crippen LogP contribution in [-0.4, -0.2) is 9.94 Å². The summed E-state index contributed by atoms with van der Waals surface area (Å²) in [6, 6.07) is 19.6. The highest BCUT2D eigenvalue weighted by Crippen LogP contribution is 2.29. The summed E-state index contributed by atoms with van der Waals surface area (Å²) in [6.45, 7) is 0. The molecule has 0 aliphatic carbocycles. The molecule has 0 amide bonds. The Hall–Kier alpha value is -2.52. The quantitative estimate of drug-likeness (QED) is 0.724. The maximum atomic E-state index is 12.1. The molecule has 0 saturated carbocycles. The van der Waals surface area contributed by atoms with Gasteiger partial charge in [-0.15, -0.1) is 0 Å². The Morgan fingerprint density at radius 1 is 0.857 bits per heavy atom. The van der Waals surface area contributed by atoms with Crippen LogP contribution in [0.5, 0.6) is 0 Å². The van der Waals surface area contributed by atoms with Crippen molar-refractivity contribution in [2.24, 2.45) is 0 Å². The van der Waals surface area contributed by atoms with Crippen LogP contribution in [-0.2, 0) is 0 Å². The van der Waals surface area contributed by atoms with Gasteiger partial charge in [0, 0.05) is 17.2 Å². The highest BCUT2D eigenvalue weighted by Gasteiger charge is 2.16. The first-order chi connectivity index (χ1) is 10.2. The van der Waals surface area contributed by atoms with E-state index in [9.17, 15) is 10.0 Å². The predicted molar refractivity (Wildman–Crippen MR) is 83.8 cm³/mol. The molecule has 1 N–H and O–H groups in total. The van der Waals surface area contributed by atoms with Crippen LogP contribution in [0.4, 0.5) is 0 Å². The van der Waals surface area contributed by atoms with Crippen LogP contribution in [0.3, 0.4) is 0 Å². The van der Waals surface area contributed by atoms with E-state index in [1.54, 1.807) is 12.1 Å². The van der Waals surface area contributed by atoms with Crippen molar-refractivity contribution in [2.45, 2.75) is 0 Å². The van der Waals surface area contributed by atoms with Crippen molar-refractivity contribution in [2.75, 3.05) is 0 Å². The van der Waals surface area contributed by atoms with Crippen molar-refractivity contribution in [3.05, 3.63) is 82.0 Å². The highest BCUT2D eigenvalue weighted by atomic mass is 35.5. The third-order valence-corrected chi connectivity index (χ3v) is 3.61. The Morgan fingerprint density at radius 3 is 1.95 bits per heavy atom. The number of pyridine rings is 1. The van der Waals surface area contributed by atoms with Crippen molar-refractivity contribution < 1.29 is 5.21 Å². The van der Waals surface area contributed by atoms with Crippen LogP contribution in [0.2, 0.25) is 5.02 Å². The van der Waals surface area contributed by atoms with E-state index >= 15 is 0 Å². The topological polar surface area (TPSA) is 42.2 Å². The molecular weight excluding hydrogens is 286 g/mol. The van der Waals surface area contributed by atoms with Crippen molar-refractivity contribution in [1.82, 2.24) is 4.73 Å². The Balaban J connectivity index is 2.31. The summed E-state index contributed by atoms with van der Waals surface area (Å²) in [6.07, 6.45) is 0. The number of halogens is 1. The molecule has 0 fully saturated rings. The van der Waals surface area contributed by atoms with E-state index in [2.05, 4.69) is 0 Å². The summed E-state index contributed by atoms with van der Waals surface area (Å²) < 4.78 is 0.967. The number of benzene rings is 2. The van der Waals surface area contributed by atoms with E-state index in [0.717, 1.165) is 10.3 Å². The predicted octanol–water partition coefficient (Wildman–Crippen LogP) is 4.07. The van der Waals surface area contributed by atoms with Gasteiger partial charge in [-0.25, -0.2) is 0 Å². The SMILES string of the molecule is O=c1cc(-c2ccccc2)n(O)c(-c2ccccc2)c1Cl. The van der Waals surface area contributed by atoms with Gasteiger partial charge in [0.1, 0.15) is 10.7 Å². The molecule has 4 heteroatoms. The standard InChI is InChI=1S/C17H12ClNO2/c18-16-15(20)11-14(12-7-3-1-4-8-12)19(21)17(16)13-9-5-2-6-10-13/h1-11,21H. The molecule has 1 heterocycles. The van der Waals surface area contributed by atoms with Crippen molar-refractivity contribution in [3.63, 3.8) is 0 Å². The number of hydrogen-bond acceptors (Lipinski definition) is 2. The summed E-state index contributed by atoms with van der Waals surface area (Å²) in [5.74, 6) is 0. The fourth-order valence-electron chi connectivity index (χ4n) is 2.24. The first-order valence-electron chi connectivity index (χ1n) is 6.44.